The fourth-order valence-electron chi connectivity index (χ4n) is 2.61. The molecule has 0 aliphatic rings. The zero-order valence-corrected chi connectivity index (χ0v) is 16.0. The van der Waals surface area contributed by atoms with Crippen molar-refractivity contribution >= 4 is 27.5 Å². The summed E-state index contributed by atoms with van der Waals surface area (Å²) in [4.78, 5) is 16.9. The molecule has 2 aromatic rings. The summed E-state index contributed by atoms with van der Waals surface area (Å²) in [5, 5.41) is 5.52. The third-order valence-corrected chi connectivity index (χ3v) is 5.34. The first kappa shape index (κ1) is 18.0. The summed E-state index contributed by atoms with van der Waals surface area (Å²) in [5.41, 5.74) is 0.994. The molecule has 2 rings (SSSR count). The van der Waals surface area contributed by atoms with Crippen LogP contribution in [0, 0.1) is 18.8 Å². The Hall–Kier alpha value is -1.36. The van der Waals surface area contributed by atoms with Crippen molar-refractivity contribution in [3.05, 3.63) is 16.6 Å². The minimum Gasteiger partial charge on any atom is -0.338 e. The van der Waals surface area contributed by atoms with Crippen LogP contribution in [0.25, 0.3) is 10.2 Å². The minimum absolute atomic E-state index is 0.173. The molecule has 0 fully saturated rings. The molecule has 23 heavy (non-hydrogen) atoms. The van der Waals surface area contributed by atoms with Crippen molar-refractivity contribution in [2.24, 2.45) is 18.9 Å². The maximum absolute atomic E-state index is 13.0. The van der Waals surface area contributed by atoms with E-state index in [1.165, 1.54) is 0 Å². The van der Waals surface area contributed by atoms with E-state index in [0.29, 0.717) is 11.8 Å². The van der Waals surface area contributed by atoms with E-state index in [9.17, 15) is 4.79 Å². The third kappa shape index (κ3) is 4.34. The molecule has 2 aromatic heterocycles. The average molecular weight is 336 g/mol. The second kappa shape index (κ2) is 7.47. The lowest BCUT2D eigenvalue weighted by atomic mass is 10.1. The molecule has 0 spiro atoms. The van der Waals surface area contributed by atoms with Gasteiger partial charge in [-0.2, -0.15) is 5.10 Å². The van der Waals surface area contributed by atoms with Crippen molar-refractivity contribution in [3.8, 4) is 0 Å². The molecule has 0 radical (unpaired) electrons. The van der Waals surface area contributed by atoms with Crippen molar-refractivity contribution in [1.29, 1.82) is 0 Å². The standard InChI is InChI=1S/C18H29N3OS/c1-12(2)7-9-21(10-8-13(3)4)17(22)16-11-15-14(5)19-20(6)18(15)23-16/h11-13H,7-10H2,1-6H3. The predicted octanol–water partition coefficient (Wildman–Crippen LogP) is 4.48. The monoisotopic (exact) mass is 335 g/mol. The van der Waals surface area contributed by atoms with Gasteiger partial charge in [0.15, 0.2) is 0 Å². The molecule has 0 saturated heterocycles. The number of thiophene rings is 1. The highest BCUT2D eigenvalue weighted by Gasteiger charge is 2.20. The molecule has 0 N–H and O–H groups in total. The molecular formula is C18H29N3OS. The second-order valence-corrected chi connectivity index (χ2v) is 8.23. The van der Waals surface area contributed by atoms with Gasteiger partial charge in [-0.05, 0) is 37.7 Å². The van der Waals surface area contributed by atoms with E-state index < -0.39 is 0 Å². The molecule has 0 saturated carbocycles. The highest BCUT2D eigenvalue weighted by Crippen LogP contribution is 2.28. The highest BCUT2D eigenvalue weighted by molar-refractivity contribution is 7.20. The molecule has 0 unspecified atom stereocenters. The fraction of sp³-hybridized carbons (Fsp3) is 0.667. The van der Waals surface area contributed by atoms with Crippen LogP contribution >= 0.6 is 11.3 Å². The lowest BCUT2D eigenvalue weighted by Gasteiger charge is -2.24. The molecule has 1 amide bonds. The van der Waals surface area contributed by atoms with Crippen LogP contribution in [0.4, 0.5) is 0 Å². The van der Waals surface area contributed by atoms with Crippen LogP contribution < -0.4 is 0 Å². The van der Waals surface area contributed by atoms with Crippen LogP contribution in [0.15, 0.2) is 6.07 Å². The summed E-state index contributed by atoms with van der Waals surface area (Å²) >= 11 is 1.56. The van der Waals surface area contributed by atoms with Crippen LogP contribution in [0.5, 0.6) is 0 Å². The molecular weight excluding hydrogens is 306 g/mol. The van der Waals surface area contributed by atoms with Crippen LogP contribution in [-0.2, 0) is 7.05 Å². The number of amides is 1. The zero-order valence-electron chi connectivity index (χ0n) is 15.2. The van der Waals surface area contributed by atoms with Gasteiger partial charge >= 0.3 is 0 Å². The normalized spacial score (nSPS) is 11.8. The molecule has 0 atom stereocenters. The van der Waals surface area contributed by atoms with E-state index in [0.717, 1.165) is 46.7 Å². The van der Waals surface area contributed by atoms with Gasteiger partial charge in [0.25, 0.3) is 5.91 Å². The van der Waals surface area contributed by atoms with E-state index in [1.54, 1.807) is 11.3 Å². The van der Waals surface area contributed by atoms with Gasteiger partial charge in [-0.25, -0.2) is 0 Å². The molecule has 0 aromatic carbocycles. The van der Waals surface area contributed by atoms with Crippen molar-refractivity contribution < 1.29 is 4.79 Å². The molecule has 2 heterocycles. The minimum atomic E-state index is 0.173. The number of aromatic nitrogens is 2. The SMILES string of the molecule is Cc1nn(C)c2sc(C(=O)N(CCC(C)C)CCC(C)C)cc12. The van der Waals surface area contributed by atoms with Crippen molar-refractivity contribution in [3.63, 3.8) is 0 Å². The van der Waals surface area contributed by atoms with Gasteiger partial charge in [0, 0.05) is 25.5 Å². The number of hydrogen-bond donors (Lipinski definition) is 0. The van der Waals surface area contributed by atoms with Crippen LogP contribution in [0.3, 0.4) is 0 Å². The number of hydrogen-bond acceptors (Lipinski definition) is 3. The number of rotatable bonds is 7. The molecule has 4 nitrogen and oxygen atoms in total. The Bertz CT molecular complexity index is 623. The van der Waals surface area contributed by atoms with Crippen LogP contribution in [0.2, 0.25) is 0 Å². The molecule has 0 aliphatic carbocycles. The van der Waals surface area contributed by atoms with Gasteiger partial charge in [0.05, 0.1) is 10.6 Å². The van der Waals surface area contributed by atoms with Gasteiger partial charge in [-0.3, -0.25) is 9.48 Å². The average Bonchev–Trinajstić information content (AvgIpc) is 3.00. The largest absolute Gasteiger partial charge is 0.338 e. The smallest absolute Gasteiger partial charge is 0.264 e. The van der Waals surface area contributed by atoms with E-state index >= 15 is 0 Å². The maximum Gasteiger partial charge on any atom is 0.264 e. The predicted molar refractivity (Wildman–Crippen MR) is 98.1 cm³/mol. The molecule has 128 valence electrons. The topological polar surface area (TPSA) is 38.1 Å². The number of nitrogens with zero attached hydrogens (tertiary/aromatic N) is 3. The maximum atomic E-state index is 13.0. The molecule has 0 bridgehead atoms. The molecule has 0 aliphatic heterocycles. The number of carbonyl (C=O) groups is 1. The van der Waals surface area contributed by atoms with Gasteiger partial charge in [-0.15, -0.1) is 11.3 Å². The number of aryl methyl sites for hydroxylation is 2. The first-order valence-corrected chi connectivity index (χ1v) is 9.33. The van der Waals surface area contributed by atoms with Gasteiger partial charge in [0.1, 0.15) is 4.83 Å². The van der Waals surface area contributed by atoms with Crippen molar-refractivity contribution in [2.45, 2.75) is 47.5 Å². The highest BCUT2D eigenvalue weighted by atomic mass is 32.1. The Labute approximate surface area is 143 Å². The summed E-state index contributed by atoms with van der Waals surface area (Å²) < 4.78 is 1.87. The van der Waals surface area contributed by atoms with Crippen LogP contribution in [0.1, 0.15) is 55.9 Å². The fourth-order valence-corrected chi connectivity index (χ4v) is 3.70. The first-order chi connectivity index (χ1) is 10.8. The lowest BCUT2D eigenvalue weighted by Crippen LogP contribution is -2.33. The van der Waals surface area contributed by atoms with Crippen molar-refractivity contribution in [1.82, 2.24) is 14.7 Å². The third-order valence-electron chi connectivity index (χ3n) is 4.15. The quantitative estimate of drug-likeness (QED) is 0.748. The summed E-state index contributed by atoms with van der Waals surface area (Å²) in [6.07, 6.45) is 2.10. The summed E-state index contributed by atoms with van der Waals surface area (Å²) in [6.45, 7) is 12.5. The summed E-state index contributed by atoms with van der Waals surface area (Å²) in [7, 11) is 1.94. The summed E-state index contributed by atoms with van der Waals surface area (Å²) in [6, 6.07) is 2.02. The second-order valence-electron chi connectivity index (χ2n) is 7.20. The Balaban J connectivity index is 2.20. The Kier molecular flexibility index (Phi) is 5.84. The van der Waals surface area contributed by atoms with E-state index in [2.05, 4.69) is 32.8 Å². The van der Waals surface area contributed by atoms with E-state index in [4.69, 9.17) is 0 Å². The van der Waals surface area contributed by atoms with Gasteiger partial charge < -0.3 is 4.90 Å². The van der Waals surface area contributed by atoms with Gasteiger partial charge in [-0.1, -0.05) is 27.7 Å². The number of fused-ring (bicyclic) bond motifs is 1. The van der Waals surface area contributed by atoms with E-state index in [1.807, 2.05) is 29.6 Å². The zero-order chi connectivity index (χ0) is 17.1. The van der Waals surface area contributed by atoms with Crippen molar-refractivity contribution in [2.75, 3.05) is 13.1 Å². The first-order valence-electron chi connectivity index (χ1n) is 8.52. The Morgan fingerprint density at radius 3 is 2.26 bits per heavy atom. The Morgan fingerprint density at radius 1 is 1.22 bits per heavy atom. The van der Waals surface area contributed by atoms with Gasteiger partial charge in [0.2, 0.25) is 0 Å². The van der Waals surface area contributed by atoms with E-state index in [-0.39, 0.29) is 5.91 Å². The number of carbonyl (C=O) groups excluding carboxylic acids is 1. The Morgan fingerprint density at radius 2 is 1.78 bits per heavy atom. The summed E-state index contributed by atoms with van der Waals surface area (Å²) in [5.74, 6) is 1.39. The lowest BCUT2D eigenvalue weighted by molar-refractivity contribution is 0.0746. The molecule has 5 heteroatoms. The van der Waals surface area contributed by atoms with Crippen LogP contribution in [-0.4, -0.2) is 33.7 Å².